The Hall–Kier alpha value is -2.91. The van der Waals surface area contributed by atoms with Crippen molar-refractivity contribution in [2.45, 2.75) is 18.6 Å². The molecule has 1 atom stereocenters. The lowest BCUT2D eigenvalue weighted by Gasteiger charge is -2.18. The van der Waals surface area contributed by atoms with Crippen molar-refractivity contribution < 1.29 is 13.2 Å². The molecule has 25 heavy (non-hydrogen) atoms. The lowest BCUT2D eigenvalue weighted by atomic mass is 10.3. The topological polar surface area (TPSA) is 71.2 Å². The van der Waals surface area contributed by atoms with Gasteiger partial charge in [-0.1, -0.05) is 0 Å². The molecule has 0 aliphatic carbocycles. The van der Waals surface area contributed by atoms with Crippen LogP contribution in [-0.4, -0.2) is 43.5 Å². The summed E-state index contributed by atoms with van der Waals surface area (Å²) in [6, 6.07) is 1.81. The number of nitrogens with one attached hydrogen (secondary N) is 1. The Morgan fingerprint density at radius 2 is 1.92 bits per heavy atom. The summed E-state index contributed by atoms with van der Waals surface area (Å²) in [5.74, 6) is 0.969. The van der Waals surface area contributed by atoms with Gasteiger partial charge in [0.25, 0.3) is 0 Å². The fraction of sp³-hybridized carbons (Fsp3) is 0.333. The summed E-state index contributed by atoms with van der Waals surface area (Å²) in [5.41, 5.74) is -0.722. The molecule has 0 saturated carbocycles. The monoisotopic (exact) mass is 349 g/mol. The molecular weight excluding hydrogens is 335 g/mol. The van der Waals surface area contributed by atoms with E-state index in [0.717, 1.165) is 12.6 Å². The molecule has 1 saturated heterocycles. The van der Waals surface area contributed by atoms with Gasteiger partial charge >= 0.3 is 6.18 Å². The highest BCUT2D eigenvalue weighted by atomic mass is 19.4. The van der Waals surface area contributed by atoms with Crippen molar-refractivity contribution in [2.75, 3.05) is 23.3 Å². The molecule has 1 unspecified atom stereocenters. The van der Waals surface area contributed by atoms with Gasteiger partial charge in [0.15, 0.2) is 17.2 Å². The SMILES string of the molecule is FC(F)(F)c1cn2ccnc(N3CCC(Nc4ncccn4)C3)c2n1. The molecule has 1 aliphatic rings. The number of hydrogen-bond acceptors (Lipinski definition) is 6. The van der Waals surface area contributed by atoms with Gasteiger partial charge in [-0.3, -0.25) is 0 Å². The fourth-order valence-electron chi connectivity index (χ4n) is 2.89. The second-order valence-corrected chi connectivity index (χ2v) is 5.75. The van der Waals surface area contributed by atoms with Crippen molar-refractivity contribution in [1.29, 1.82) is 0 Å². The van der Waals surface area contributed by atoms with Gasteiger partial charge in [0.1, 0.15) is 0 Å². The first-order valence-electron chi connectivity index (χ1n) is 7.70. The molecule has 10 heteroatoms. The molecule has 4 rings (SSSR count). The van der Waals surface area contributed by atoms with E-state index in [1.54, 1.807) is 18.5 Å². The third-order valence-corrected chi connectivity index (χ3v) is 4.03. The zero-order chi connectivity index (χ0) is 17.4. The Morgan fingerprint density at radius 3 is 2.68 bits per heavy atom. The average molecular weight is 349 g/mol. The first-order chi connectivity index (χ1) is 12.0. The van der Waals surface area contributed by atoms with Crippen LogP contribution < -0.4 is 10.2 Å². The molecule has 130 valence electrons. The molecule has 1 fully saturated rings. The van der Waals surface area contributed by atoms with E-state index in [2.05, 4.69) is 25.3 Å². The maximum absolute atomic E-state index is 12.9. The van der Waals surface area contributed by atoms with Gasteiger partial charge in [0.05, 0.1) is 0 Å². The lowest BCUT2D eigenvalue weighted by molar-refractivity contribution is -0.140. The first kappa shape index (κ1) is 15.6. The van der Waals surface area contributed by atoms with E-state index in [1.807, 2.05) is 4.90 Å². The Kier molecular flexibility index (Phi) is 3.66. The summed E-state index contributed by atoms with van der Waals surface area (Å²) in [7, 11) is 0. The Bertz CT molecular complexity index is 878. The summed E-state index contributed by atoms with van der Waals surface area (Å²) in [4.78, 5) is 18.1. The van der Waals surface area contributed by atoms with Crippen LogP contribution in [0.2, 0.25) is 0 Å². The van der Waals surface area contributed by atoms with Gasteiger partial charge in [0.2, 0.25) is 5.95 Å². The highest BCUT2D eigenvalue weighted by Gasteiger charge is 2.35. The number of nitrogens with zero attached hydrogens (tertiary/aromatic N) is 6. The van der Waals surface area contributed by atoms with E-state index in [4.69, 9.17) is 0 Å². The van der Waals surface area contributed by atoms with E-state index in [9.17, 15) is 13.2 Å². The summed E-state index contributed by atoms with van der Waals surface area (Å²) >= 11 is 0. The van der Waals surface area contributed by atoms with Crippen LogP contribution in [0.3, 0.4) is 0 Å². The van der Waals surface area contributed by atoms with Crippen LogP contribution in [-0.2, 0) is 6.18 Å². The second-order valence-electron chi connectivity index (χ2n) is 5.75. The van der Waals surface area contributed by atoms with Crippen LogP contribution in [0.15, 0.2) is 37.1 Å². The van der Waals surface area contributed by atoms with Crippen molar-refractivity contribution in [2.24, 2.45) is 0 Å². The Morgan fingerprint density at radius 1 is 1.12 bits per heavy atom. The first-order valence-corrected chi connectivity index (χ1v) is 7.70. The predicted molar refractivity (Wildman–Crippen MR) is 84.3 cm³/mol. The van der Waals surface area contributed by atoms with Crippen LogP contribution in [0, 0.1) is 0 Å². The molecule has 0 spiro atoms. The average Bonchev–Trinajstić information content (AvgIpc) is 3.21. The molecule has 3 aromatic heterocycles. The number of alkyl halides is 3. The van der Waals surface area contributed by atoms with Gasteiger partial charge in [0, 0.05) is 50.1 Å². The largest absolute Gasteiger partial charge is 0.434 e. The quantitative estimate of drug-likeness (QED) is 0.782. The van der Waals surface area contributed by atoms with E-state index >= 15 is 0 Å². The summed E-state index contributed by atoms with van der Waals surface area (Å²) in [6.07, 6.45) is 3.53. The van der Waals surface area contributed by atoms with Crippen molar-refractivity contribution in [1.82, 2.24) is 24.3 Å². The minimum atomic E-state index is -4.48. The second kappa shape index (κ2) is 5.87. The molecule has 0 radical (unpaired) electrons. The standard InChI is InChI=1S/C15H14F3N7/c16-15(17,18)11-9-25-7-5-19-12(13(25)23-11)24-6-2-10(8-24)22-14-20-3-1-4-21-14/h1,3-5,7,9-10H,2,6,8H2,(H,20,21,22). The van der Waals surface area contributed by atoms with Crippen LogP contribution in [0.5, 0.6) is 0 Å². The van der Waals surface area contributed by atoms with Gasteiger partial charge < -0.3 is 14.6 Å². The molecule has 0 bridgehead atoms. The Labute approximate surface area is 140 Å². The van der Waals surface area contributed by atoms with Crippen LogP contribution in [0.1, 0.15) is 12.1 Å². The molecule has 0 amide bonds. The lowest BCUT2D eigenvalue weighted by Crippen LogP contribution is -2.27. The normalized spacial score (nSPS) is 18.0. The number of rotatable bonds is 3. The van der Waals surface area contributed by atoms with Crippen molar-refractivity contribution in [3.63, 3.8) is 0 Å². The number of halogens is 3. The number of aromatic nitrogens is 5. The molecule has 7 nitrogen and oxygen atoms in total. The van der Waals surface area contributed by atoms with E-state index < -0.39 is 11.9 Å². The number of imidazole rings is 1. The van der Waals surface area contributed by atoms with Crippen molar-refractivity contribution in [3.8, 4) is 0 Å². The van der Waals surface area contributed by atoms with Crippen LogP contribution in [0.4, 0.5) is 24.9 Å². The minimum absolute atomic E-state index is 0.0847. The van der Waals surface area contributed by atoms with Crippen molar-refractivity contribution >= 4 is 17.4 Å². The number of hydrogen-bond donors (Lipinski definition) is 1. The highest BCUT2D eigenvalue weighted by Crippen LogP contribution is 2.31. The molecule has 4 heterocycles. The Balaban J connectivity index is 1.57. The van der Waals surface area contributed by atoms with Gasteiger partial charge in [-0.05, 0) is 12.5 Å². The predicted octanol–water partition coefficient (Wildman–Crippen LogP) is 2.23. The molecule has 3 aromatic rings. The van der Waals surface area contributed by atoms with Gasteiger partial charge in [-0.2, -0.15) is 13.2 Å². The maximum Gasteiger partial charge on any atom is 0.434 e. The summed E-state index contributed by atoms with van der Waals surface area (Å²) < 4.78 is 40.1. The minimum Gasteiger partial charge on any atom is -0.351 e. The molecule has 0 aromatic carbocycles. The van der Waals surface area contributed by atoms with Crippen molar-refractivity contribution in [3.05, 3.63) is 42.7 Å². The van der Waals surface area contributed by atoms with Gasteiger partial charge in [-0.15, -0.1) is 0 Å². The van der Waals surface area contributed by atoms with Gasteiger partial charge in [-0.25, -0.2) is 19.9 Å². The van der Waals surface area contributed by atoms with Crippen LogP contribution >= 0.6 is 0 Å². The number of anilines is 2. The molecule has 1 N–H and O–H groups in total. The summed E-state index contributed by atoms with van der Waals surface area (Å²) in [5, 5.41) is 3.22. The van der Waals surface area contributed by atoms with E-state index in [-0.39, 0.29) is 11.7 Å². The zero-order valence-electron chi connectivity index (χ0n) is 13.0. The van der Waals surface area contributed by atoms with Crippen LogP contribution in [0.25, 0.3) is 5.65 Å². The van der Waals surface area contributed by atoms with E-state index in [0.29, 0.717) is 24.9 Å². The zero-order valence-corrected chi connectivity index (χ0v) is 13.0. The maximum atomic E-state index is 12.9. The summed E-state index contributed by atoms with van der Waals surface area (Å²) in [6.45, 7) is 1.24. The smallest absolute Gasteiger partial charge is 0.351 e. The molecule has 1 aliphatic heterocycles. The highest BCUT2D eigenvalue weighted by molar-refractivity contribution is 5.65. The number of fused-ring (bicyclic) bond motifs is 1. The fourth-order valence-corrected chi connectivity index (χ4v) is 2.89. The molecular formula is C15H14F3N7. The van der Waals surface area contributed by atoms with E-state index in [1.165, 1.54) is 16.8 Å². The third kappa shape index (κ3) is 3.06. The third-order valence-electron chi connectivity index (χ3n) is 4.03.